The van der Waals surface area contributed by atoms with Gasteiger partial charge >= 0.3 is 0 Å². The van der Waals surface area contributed by atoms with Crippen molar-refractivity contribution in [2.24, 2.45) is 17.5 Å². The minimum absolute atomic E-state index is 0. The van der Waals surface area contributed by atoms with E-state index in [4.69, 9.17) is 9.73 Å². The number of nitrogens with one attached hydrogen (secondary N) is 2. The molecule has 3 fully saturated rings. The van der Waals surface area contributed by atoms with Gasteiger partial charge in [-0.05, 0) is 46.0 Å². The molecule has 2 unspecified atom stereocenters. The van der Waals surface area contributed by atoms with Crippen LogP contribution in [-0.4, -0.2) is 45.5 Å². The van der Waals surface area contributed by atoms with Gasteiger partial charge in [0, 0.05) is 31.2 Å². The standard InChI is InChI=1S/C22H38N6O.HI/c1-4-29-19-14-18(22(19)12-8-5-9-13-22)25-21(24-17-10-6-7-11-17)23-15-20-27-26-16(2)28(20)3;/h17-19H,4-15H2,1-3H3,(H2,23,24,25);1H. The molecule has 3 saturated carbocycles. The number of nitrogens with zero attached hydrogens (tertiary/aromatic N) is 4. The van der Waals surface area contributed by atoms with Crippen LogP contribution in [0.3, 0.4) is 0 Å². The van der Waals surface area contributed by atoms with Gasteiger partial charge < -0.3 is 19.9 Å². The summed E-state index contributed by atoms with van der Waals surface area (Å²) >= 11 is 0. The summed E-state index contributed by atoms with van der Waals surface area (Å²) in [5.74, 6) is 2.78. The molecule has 1 aromatic heterocycles. The molecule has 8 heteroatoms. The molecule has 1 spiro atoms. The third-order valence-corrected chi connectivity index (χ3v) is 7.51. The molecule has 2 atom stereocenters. The maximum Gasteiger partial charge on any atom is 0.192 e. The van der Waals surface area contributed by atoms with Gasteiger partial charge in [0.1, 0.15) is 12.4 Å². The van der Waals surface area contributed by atoms with E-state index in [0.717, 1.165) is 30.6 Å². The van der Waals surface area contributed by atoms with Gasteiger partial charge in [-0.2, -0.15) is 0 Å². The number of ether oxygens (including phenoxy) is 1. The number of guanidine groups is 1. The monoisotopic (exact) mass is 530 g/mol. The van der Waals surface area contributed by atoms with Crippen molar-refractivity contribution in [1.82, 2.24) is 25.4 Å². The highest BCUT2D eigenvalue weighted by molar-refractivity contribution is 14.0. The van der Waals surface area contributed by atoms with Crippen LogP contribution in [0, 0.1) is 12.3 Å². The number of hydrogen-bond donors (Lipinski definition) is 2. The van der Waals surface area contributed by atoms with Crippen molar-refractivity contribution in [2.75, 3.05) is 6.61 Å². The van der Waals surface area contributed by atoms with Crippen molar-refractivity contribution >= 4 is 29.9 Å². The highest BCUT2D eigenvalue weighted by Gasteiger charge is 2.56. The zero-order chi connectivity index (χ0) is 20.3. The number of aromatic nitrogens is 3. The molecule has 0 radical (unpaired) electrons. The maximum atomic E-state index is 6.14. The Morgan fingerprint density at radius 2 is 1.87 bits per heavy atom. The van der Waals surface area contributed by atoms with Crippen LogP contribution in [0.15, 0.2) is 4.99 Å². The second-order valence-corrected chi connectivity index (χ2v) is 9.18. The first kappa shape index (κ1) is 23.8. The quantitative estimate of drug-likeness (QED) is 0.332. The van der Waals surface area contributed by atoms with Crippen LogP contribution in [0.2, 0.25) is 0 Å². The number of aliphatic imine (C=N–C) groups is 1. The van der Waals surface area contributed by atoms with Crippen molar-refractivity contribution in [2.45, 2.75) is 103 Å². The van der Waals surface area contributed by atoms with Crippen LogP contribution in [-0.2, 0) is 18.3 Å². The van der Waals surface area contributed by atoms with Crippen LogP contribution in [0.4, 0.5) is 0 Å². The predicted octanol–water partition coefficient (Wildman–Crippen LogP) is 3.85. The molecule has 0 saturated heterocycles. The Morgan fingerprint density at radius 1 is 1.13 bits per heavy atom. The van der Waals surface area contributed by atoms with E-state index in [-0.39, 0.29) is 29.4 Å². The molecule has 1 aromatic rings. The van der Waals surface area contributed by atoms with E-state index < -0.39 is 0 Å². The Hall–Kier alpha value is -0.900. The fourth-order valence-electron chi connectivity index (χ4n) is 5.57. The Kier molecular flexibility index (Phi) is 8.40. The second kappa shape index (κ2) is 10.6. The lowest BCUT2D eigenvalue weighted by Crippen LogP contribution is -2.67. The van der Waals surface area contributed by atoms with E-state index in [9.17, 15) is 0 Å². The van der Waals surface area contributed by atoms with Crippen molar-refractivity contribution in [3.8, 4) is 0 Å². The first-order valence-electron chi connectivity index (χ1n) is 11.7. The molecule has 2 N–H and O–H groups in total. The first-order chi connectivity index (χ1) is 14.1. The number of aryl methyl sites for hydroxylation is 1. The van der Waals surface area contributed by atoms with Gasteiger partial charge in [-0.3, -0.25) is 0 Å². The summed E-state index contributed by atoms with van der Waals surface area (Å²) in [6.45, 7) is 5.46. The summed E-state index contributed by atoms with van der Waals surface area (Å²) in [6, 6.07) is 0.987. The molecule has 0 amide bonds. The third-order valence-electron chi connectivity index (χ3n) is 7.51. The molecular formula is C22H39IN6O. The molecule has 0 bridgehead atoms. The molecule has 7 nitrogen and oxygen atoms in total. The van der Waals surface area contributed by atoms with E-state index in [2.05, 4.69) is 27.8 Å². The fraction of sp³-hybridized carbons (Fsp3) is 0.864. The van der Waals surface area contributed by atoms with Gasteiger partial charge in [0.15, 0.2) is 11.8 Å². The smallest absolute Gasteiger partial charge is 0.192 e. The van der Waals surface area contributed by atoms with Gasteiger partial charge in [-0.1, -0.05) is 32.1 Å². The average molecular weight is 530 g/mol. The Bertz CT molecular complexity index is 708. The van der Waals surface area contributed by atoms with Gasteiger partial charge in [0.25, 0.3) is 0 Å². The second-order valence-electron chi connectivity index (χ2n) is 9.18. The van der Waals surface area contributed by atoms with Crippen molar-refractivity contribution in [3.63, 3.8) is 0 Å². The summed E-state index contributed by atoms with van der Waals surface area (Å²) in [6.07, 6.45) is 13.1. The van der Waals surface area contributed by atoms with E-state index in [1.54, 1.807) is 0 Å². The molecule has 170 valence electrons. The van der Waals surface area contributed by atoms with E-state index in [1.807, 2.05) is 18.5 Å². The van der Waals surface area contributed by atoms with Crippen LogP contribution in [0.25, 0.3) is 0 Å². The van der Waals surface area contributed by atoms with Crippen LogP contribution < -0.4 is 10.6 Å². The van der Waals surface area contributed by atoms with Gasteiger partial charge in [-0.15, -0.1) is 34.2 Å². The highest BCUT2D eigenvalue weighted by atomic mass is 127. The van der Waals surface area contributed by atoms with Crippen LogP contribution in [0.1, 0.15) is 82.8 Å². The lowest BCUT2D eigenvalue weighted by molar-refractivity contribution is -0.145. The molecule has 0 aromatic carbocycles. The summed E-state index contributed by atoms with van der Waals surface area (Å²) in [5.41, 5.74) is 0.285. The van der Waals surface area contributed by atoms with Crippen LogP contribution >= 0.6 is 24.0 Å². The first-order valence-corrected chi connectivity index (χ1v) is 11.7. The van der Waals surface area contributed by atoms with Gasteiger partial charge in [0.2, 0.25) is 0 Å². The Labute approximate surface area is 198 Å². The summed E-state index contributed by atoms with van der Waals surface area (Å²) in [4.78, 5) is 4.93. The fourth-order valence-corrected chi connectivity index (χ4v) is 5.57. The summed E-state index contributed by atoms with van der Waals surface area (Å²) < 4.78 is 8.16. The van der Waals surface area contributed by atoms with Gasteiger partial charge in [-0.25, -0.2) is 4.99 Å². The number of rotatable bonds is 6. The molecule has 1 heterocycles. The minimum atomic E-state index is 0. The lowest BCUT2D eigenvalue weighted by Gasteiger charge is -2.58. The minimum Gasteiger partial charge on any atom is -0.378 e. The summed E-state index contributed by atoms with van der Waals surface area (Å²) in [7, 11) is 2.01. The van der Waals surface area contributed by atoms with Crippen molar-refractivity contribution in [1.29, 1.82) is 0 Å². The Balaban J connectivity index is 0.00000256. The molecule has 30 heavy (non-hydrogen) atoms. The lowest BCUT2D eigenvalue weighted by atomic mass is 9.55. The third kappa shape index (κ3) is 4.95. The highest BCUT2D eigenvalue weighted by Crippen LogP contribution is 2.53. The normalized spacial score (nSPS) is 26.3. The zero-order valence-electron chi connectivity index (χ0n) is 18.8. The average Bonchev–Trinajstić information content (AvgIpc) is 3.36. The Morgan fingerprint density at radius 3 is 2.50 bits per heavy atom. The van der Waals surface area contributed by atoms with Crippen molar-refractivity contribution in [3.05, 3.63) is 11.6 Å². The van der Waals surface area contributed by atoms with Gasteiger partial charge in [0.05, 0.1) is 6.10 Å². The number of halogens is 1. The summed E-state index contributed by atoms with van der Waals surface area (Å²) in [5, 5.41) is 16.0. The molecular weight excluding hydrogens is 491 g/mol. The molecule has 3 aliphatic rings. The van der Waals surface area contributed by atoms with E-state index >= 15 is 0 Å². The molecule has 4 rings (SSSR count). The topological polar surface area (TPSA) is 76.4 Å². The predicted molar refractivity (Wildman–Crippen MR) is 130 cm³/mol. The van der Waals surface area contributed by atoms with Crippen LogP contribution in [0.5, 0.6) is 0 Å². The van der Waals surface area contributed by atoms with Crippen molar-refractivity contribution < 1.29 is 4.74 Å². The van der Waals surface area contributed by atoms with E-state index in [0.29, 0.717) is 24.7 Å². The largest absolute Gasteiger partial charge is 0.378 e. The molecule has 0 aliphatic heterocycles. The molecule has 3 aliphatic carbocycles. The maximum absolute atomic E-state index is 6.14. The van der Waals surface area contributed by atoms with E-state index in [1.165, 1.54) is 57.8 Å². The SMILES string of the molecule is CCOC1CC(NC(=NCc2nnc(C)n2C)NC2CCCC2)C12CCCCC2.I. The zero-order valence-corrected chi connectivity index (χ0v) is 21.2. The number of hydrogen-bond acceptors (Lipinski definition) is 4.